The summed E-state index contributed by atoms with van der Waals surface area (Å²) < 4.78 is 0. The van der Waals surface area contributed by atoms with Crippen LogP contribution in [-0.4, -0.2) is 0 Å². The van der Waals surface area contributed by atoms with Gasteiger partial charge in [-0.25, -0.2) is 0 Å². The molecule has 0 fully saturated rings. The Kier molecular flexibility index (Phi) is 2930. The Balaban J connectivity index is 0. The maximum atomic E-state index is 0. The second-order valence-electron chi connectivity index (χ2n) is 0. The van der Waals surface area contributed by atoms with Crippen molar-refractivity contribution in [1.82, 2.24) is 12.3 Å². The van der Waals surface area contributed by atoms with Crippen LogP contribution in [0.15, 0.2) is 0 Å². The SMILES string of the molecule is N.[Cl-].[Cl-].[Cl-].[Cu+2].[NH4+]. The van der Waals surface area contributed by atoms with Crippen LogP contribution in [0.25, 0.3) is 0 Å². The molecule has 0 spiro atoms. The molecule has 0 aliphatic rings. The van der Waals surface area contributed by atoms with E-state index < -0.39 is 0 Å². The van der Waals surface area contributed by atoms with E-state index in [1.165, 1.54) is 0 Å². The molecule has 0 heterocycles. The van der Waals surface area contributed by atoms with Gasteiger partial charge in [0.25, 0.3) is 0 Å². The first-order valence-corrected chi connectivity index (χ1v) is 0. The summed E-state index contributed by atoms with van der Waals surface area (Å²) in [4.78, 5) is 0. The summed E-state index contributed by atoms with van der Waals surface area (Å²) in [6.07, 6.45) is 0. The smallest absolute Gasteiger partial charge is 1.00 e. The Morgan fingerprint density at radius 2 is 0.667 bits per heavy atom. The Hall–Kier alpha value is 1.31. The fourth-order valence-electron chi connectivity index (χ4n) is 0. The molecule has 0 bridgehead atoms. The molecule has 0 saturated carbocycles. The average Bonchev–Trinajstić information content (AvgIpc) is 0. The van der Waals surface area contributed by atoms with Gasteiger partial charge in [-0.05, 0) is 0 Å². The van der Waals surface area contributed by atoms with E-state index in [4.69, 9.17) is 0 Å². The quantitative estimate of drug-likeness (QED) is 0.379. The van der Waals surface area contributed by atoms with E-state index in [0.29, 0.717) is 0 Å². The van der Waals surface area contributed by atoms with Crippen LogP contribution in [0.3, 0.4) is 0 Å². The van der Waals surface area contributed by atoms with Crippen molar-refractivity contribution in [2.75, 3.05) is 0 Å². The molecule has 0 saturated heterocycles. The van der Waals surface area contributed by atoms with Crippen molar-refractivity contribution in [1.29, 1.82) is 0 Å². The third kappa shape index (κ3) is 57.5. The normalized spacial score (nSPS) is 0. The van der Waals surface area contributed by atoms with Gasteiger partial charge in [0.05, 0.1) is 0 Å². The van der Waals surface area contributed by atoms with E-state index in [2.05, 4.69) is 0 Å². The first-order chi connectivity index (χ1) is 0. The van der Waals surface area contributed by atoms with E-state index >= 15 is 0 Å². The molecular weight excluding hydrogens is 198 g/mol. The maximum Gasteiger partial charge on any atom is 2.00 e. The molecule has 0 amide bonds. The van der Waals surface area contributed by atoms with Crippen LogP contribution in [0.5, 0.6) is 0 Å². The van der Waals surface area contributed by atoms with Crippen molar-refractivity contribution in [3.63, 3.8) is 0 Å². The third-order valence-electron chi connectivity index (χ3n) is 0. The Labute approximate surface area is 66.7 Å². The average molecular weight is 205 g/mol. The van der Waals surface area contributed by atoms with Crippen LogP contribution < -0.4 is 49.5 Å². The van der Waals surface area contributed by atoms with Gasteiger partial charge in [0.2, 0.25) is 0 Å². The minimum Gasteiger partial charge on any atom is -1.00 e. The Bertz CT molecular complexity index is 8.75. The zero-order chi connectivity index (χ0) is 0. The third-order valence-corrected chi connectivity index (χ3v) is 0. The first kappa shape index (κ1) is 170. The van der Waals surface area contributed by atoms with Crippen LogP contribution in [0.4, 0.5) is 0 Å². The number of rotatable bonds is 0. The predicted octanol–water partition coefficient (Wildman–Crippen LogP) is -8.45. The molecule has 1 radical (unpaired) electrons. The fraction of sp³-hybridized carbons (Fsp3) is 0. The van der Waals surface area contributed by atoms with Gasteiger partial charge in [-0.3, -0.25) is 0 Å². The predicted molar refractivity (Wildman–Crippen MR) is 11.0 cm³/mol. The summed E-state index contributed by atoms with van der Waals surface area (Å²) in [5, 5.41) is 0. The van der Waals surface area contributed by atoms with Gasteiger partial charge in [-0.15, -0.1) is 0 Å². The molecule has 0 rings (SSSR count). The molecule has 0 atom stereocenters. The van der Waals surface area contributed by atoms with E-state index in [1.807, 2.05) is 0 Å². The van der Waals surface area contributed by atoms with Crippen LogP contribution in [0.1, 0.15) is 0 Å². The van der Waals surface area contributed by atoms with Gasteiger partial charge in [0, 0.05) is 0 Å². The van der Waals surface area contributed by atoms with Gasteiger partial charge in [-0.1, -0.05) is 0 Å². The van der Waals surface area contributed by atoms with E-state index in [9.17, 15) is 0 Å². The maximum absolute atomic E-state index is 0. The summed E-state index contributed by atoms with van der Waals surface area (Å²) in [6, 6.07) is 0. The van der Waals surface area contributed by atoms with Crippen molar-refractivity contribution >= 4 is 0 Å². The van der Waals surface area contributed by atoms with Gasteiger partial charge in [0.1, 0.15) is 0 Å². The summed E-state index contributed by atoms with van der Waals surface area (Å²) in [7, 11) is 0. The molecule has 6 heavy (non-hydrogen) atoms. The van der Waals surface area contributed by atoms with Crippen molar-refractivity contribution in [3.05, 3.63) is 0 Å². The number of halogens is 3. The number of hydrogen-bond acceptors (Lipinski definition) is 1. The number of quaternary nitrogens is 1. The standard InChI is InChI=1S/3ClH.Cu.2H3N/h3*1H;;2*1H3/q;;;+2;;/p-2. The van der Waals surface area contributed by atoms with E-state index in [1.54, 1.807) is 0 Å². The zero-order valence-corrected chi connectivity index (χ0v) is 6.35. The molecule has 2 nitrogen and oxygen atoms in total. The van der Waals surface area contributed by atoms with Gasteiger partial charge >= 0.3 is 17.1 Å². The molecule has 0 aliphatic carbocycles. The van der Waals surface area contributed by atoms with Crippen molar-refractivity contribution < 1.29 is 54.3 Å². The number of hydrogen-bond donors (Lipinski definition) is 2. The van der Waals surface area contributed by atoms with Gasteiger partial charge in [-0.2, -0.15) is 0 Å². The molecular formula is H7Cl3CuN2. The van der Waals surface area contributed by atoms with Crippen molar-refractivity contribution in [2.45, 2.75) is 0 Å². The van der Waals surface area contributed by atoms with Crippen LogP contribution in [-0.2, 0) is 17.1 Å². The molecule has 7 N–H and O–H groups in total. The molecule has 0 aromatic rings. The van der Waals surface area contributed by atoms with Gasteiger partial charge in [0.15, 0.2) is 0 Å². The van der Waals surface area contributed by atoms with Crippen molar-refractivity contribution in [3.8, 4) is 0 Å². The monoisotopic (exact) mass is 203 g/mol. The zero-order valence-electron chi connectivity index (χ0n) is 3.14. The molecule has 0 unspecified atom stereocenters. The minimum absolute atomic E-state index is 0. The Morgan fingerprint density at radius 1 is 0.667 bits per heavy atom. The van der Waals surface area contributed by atoms with Crippen LogP contribution >= 0.6 is 0 Å². The second-order valence-corrected chi connectivity index (χ2v) is 0. The first-order valence-electron chi connectivity index (χ1n) is 0. The van der Waals surface area contributed by atoms with Crippen LogP contribution in [0, 0.1) is 0 Å². The summed E-state index contributed by atoms with van der Waals surface area (Å²) >= 11 is 0. The summed E-state index contributed by atoms with van der Waals surface area (Å²) in [6.45, 7) is 0. The topological polar surface area (TPSA) is 71.5 Å². The fourth-order valence-corrected chi connectivity index (χ4v) is 0. The molecule has 0 aliphatic heterocycles. The largest absolute Gasteiger partial charge is 2.00 e. The molecule has 0 aromatic carbocycles. The summed E-state index contributed by atoms with van der Waals surface area (Å²) in [5.41, 5.74) is 0. The minimum atomic E-state index is 0. The molecule has 0 aromatic heterocycles. The van der Waals surface area contributed by atoms with Crippen molar-refractivity contribution in [2.24, 2.45) is 0 Å². The second kappa shape index (κ2) is 104. The van der Waals surface area contributed by atoms with E-state index in [0.717, 1.165) is 0 Å². The molecule has 49 valence electrons. The molecule has 6 heteroatoms. The summed E-state index contributed by atoms with van der Waals surface area (Å²) in [5.74, 6) is 0. The Morgan fingerprint density at radius 3 is 0.667 bits per heavy atom. The van der Waals surface area contributed by atoms with Gasteiger partial charge < -0.3 is 49.5 Å². The van der Waals surface area contributed by atoms with Crippen LogP contribution in [0.2, 0.25) is 0 Å². The van der Waals surface area contributed by atoms with E-state index in [-0.39, 0.29) is 66.6 Å².